The van der Waals surface area contributed by atoms with Gasteiger partial charge in [-0.05, 0) is 18.2 Å². The second kappa shape index (κ2) is 5.39. The third kappa shape index (κ3) is 2.35. The molecular weight excluding hydrogens is 246 g/mol. The number of rotatable bonds is 4. The van der Waals surface area contributed by atoms with Crippen molar-refractivity contribution in [3.8, 4) is 22.6 Å². The number of methoxy groups -OCH3 is 2. The Kier molecular flexibility index (Phi) is 3.66. The van der Waals surface area contributed by atoms with E-state index in [0.717, 1.165) is 0 Å². The van der Waals surface area contributed by atoms with Crippen molar-refractivity contribution in [2.24, 2.45) is 0 Å². The van der Waals surface area contributed by atoms with Gasteiger partial charge in [-0.25, -0.2) is 0 Å². The molecule has 0 amide bonds. The molecule has 98 valence electrons. The van der Waals surface area contributed by atoms with E-state index in [4.69, 9.17) is 9.47 Å². The number of ether oxygens (including phenoxy) is 2. The molecule has 5 nitrogen and oxygen atoms in total. The Hall–Kier alpha value is -2.56. The molecule has 0 aliphatic rings. The summed E-state index contributed by atoms with van der Waals surface area (Å²) in [5.74, 6) is 0.812. The molecule has 0 unspecified atom stereocenters. The van der Waals surface area contributed by atoms with Crippen LogP contribution >= 0.6 is 0 Å². The minimum absolute atomic E-state index is 0.0606. The molecule has 2 aromatic rings. The Morgan fingerprint density at radius 1 is 0.895 bits per heavy atom. The van der Waals surface area contributed by atoms with Gasteiger partial charge in [-0.2, -0.15) is 0 Å². The summed E-state index contributed by atoms with van der Waals surface area (Å²) >= 11 is 0. The van der Waals surface area contributed by atoms with Crippen molar-refractivity contribution in [2.45, 2.75) is 0 Å². The van der Waals surface area contributed by atoms with Crippen LogP contribution in [-0.4, -0.2) is 19.1 Å². The van der Waals surface area contributed by atoms with E-state index >= 15 is 0 Å². The van der Waals surface area contributed by atoms with Crippen molar-refractivity contribution in [3.05, 3.63) is 52.6 Å². The molecule has 0 saturated carbocycles. The van der Waals surface area contributed by atoms with Crippen LogP contribution in [-0.2, 0) is 0 Å². The van der Waals surface area contributed by atoms with E-state index in [1.54, 1.807) is 36.4 Å². The van der Waals surface area contributed by atoms with Crippen molar-refractivity contribution in [2.75, 3.05) is 14.2 Å². The maximum atomic E-state index is 11.3. The summed E-state index contributed by atoms with van der Waals surface area (Å²) < 4.78 is 10.3. The molecule has 0 N–H and O–H groups in total. The topological polar surface area (TPSA) is 61.6 Å². The number of nitro benzene ring substituents is 1. The van der Waals surface area contributed by atoms with Crippen molar-refractivity contribution in [3.63, 3.8) is 0 Å². The van der Waals surface area contributed by atoms with Crippen LogP contribution in [0, 0.1) is 10.1 Å². The SMILES string of the molecule is COc1ccccc1-c1cccc(OC)c1[N+](=O)[O-]. The Morgan fingerprint density at radius 3 is 2.11 bits per heavy atom. The van der Waals surface area contributed by atoms with Crippen LogP contribution in [0.15, 0.2) is 42.5 Å². The van der Waals surface area contributed by atoms with Gasteiger partial charge in [-0.3, -0.25) is 10.1 Å². The first kappa shape index (κ1) is 12.9. The highest BCUT2D eigenvalue weighted by atomic mass is 16.6. The summed E-state index contributed by atoms with van der Waals surface area (Å²) in [6.45, 7) is 0. The van der Waals surface area contributed by atoms with Crippen LogP contribution < -0.4 is 9.47 Å². The fourth-order valence-electron chi connectivity index (χ4n) is 1.96. The minimum atomic E-state index is -0.444. The highest BCUT2D eigenvalue weighted by molar-refractivity contribution is 5.81. The molecule has 0 fully saturated rings. The molecule has 0 aromatic heterocycles. The van der Waals surface area contributed by atoms with Crippen LogP contribution in [0.1, 0.15) is 0 Å². The van der Waals surface area contributed by atoms with E-state index in [2.05, 4.69) is 0 Å². The first-order valence-electron chi connectivity index (χ1n) is 5.63. The molecule has 0 atom stereocenters. The van der Waals surface area contributed by atoms with E-state index in [1.165, 1.54) is 14.2 Å². The Balaban J connectivity index is 2.71. The standard InChI is InChI=1S/C14H13NO4/c1-18-12-8-4-3-6-10(12)11-7-5-9-13(19-2)14(11)15(16)17/h3-9H,1-2H3. The van der Waals surface area contributed by atoms with Crippen LogP contribution in [0.3, 0.4) is 0 Å². The lowest BCUT2D eigenvalue weighted by Crippen LogP contribution is -1.97. The molecule has 19 heavy (non-hydrogen) atoms. The lowest BCUT2D eigenvalue weighted by Gasteiger charge is -2.10. The largest absolute Gasteiger partial charge is 0.496 e. The van der Waals surface area contributed by atoms with Crippen LogP contribution in [0.5, 0.6) is 11.5 Å². The fraction of sp³-hybridized carbons (Fsp3) is 0.143. The van der Waals surface area contributed by atoms with Crippen molar-refractivity contribution in [1.82, 2.24) is 0 Å². The van der Waals surface area contributed by atoms with Gasteiger partial charge in [0.2, 0.25) is 0 Å². The third-order valence-electron chi connectivity index (χ3n) is 2.80. The van der Waals surface area contributed by atoms with E-state index in [1.807, 2.05) is 6.07 Å². The zero-order chi connectivity index (χ0) is 13.8. The summed E-state index contributed by atoms with van der Waals surface area (Å²) in [7, 11) is 2.94. The summed E-state index contributed by atoms with van der Waals surface area (Å²) in [5.41, 5.74) is 1.08. The van der Waals surface area contributed by atoms with Crippen molar-refractivity contribution < 1.29 is 14.4 Å². The molecule has 0 spiro atoms. The molecule has 2 aromatic carbocycles. The molecule has 0 heterocycles. The quantitative estimate of drug-likeness (QED) is 0.624. The first-order chi connectivity index (χ1) is 9.19. The number of para-hydroxylation sites is 2. The Bertz CT molecular complexity index is 610. The second-order valence-corrected chi connectivity index (χ2v) is 3.81. The van der Waals surface area contributed by atoms with Gasteiger partial charge in [0, 0.05) is 5.56 Å². The lowest BCUT2D eigenvalue weighted by molar-refractivity contribution is -0.385. The van der Waals surface area contributed by atoms with E-state index in [9.17, 15) is 10.1 Å². The molecule has 5 heteroatoms. The lowest BCUT2D eigenvalue weighted by atomic mass is 10.0. The van der Waals surface area contributed by atoms with Crippen LogP contribution in [0.25, 0.3) is 11.1 Å². The molecule has 0 aliphatic carbocycles. The van der Waals surface area contributed by atoms with Gasteiger partial charge < -0.3 is 9.47 Å². The Labute approximate surface area is 110 Å². The predicted molar refractivity (Wildman–Crippen MR) is 71.6 cm³/mol. The molecule has 0 bridgehead atoms. The zero-order valence-corrected chi connectivity index (χ0v) is 10.6. The number of nitrogens with zero attached hydrogens (tertiary/aromatic N) is 1. The summed E-state index contributed by atoms with van der Waals surface area (Å²) in [6, 6.07) is 12.1. The van der Waals surface area contributed by atoms with E-state index < -0.39 is 4.92 Å². The summed E-state index contributed by atoms with van der Waals surface area (Å²) in [4.78, 5) is 10.8. The highest BCUT2D eigenvalue weighted by Gasteiger charge is 2.23. The van der Waals surface area contributed by atoms with Gasteiger partial charge >= 0.3 is 5.69 Å². The molecule has 2 rings (SSSR count). The fourth-order valence-corrected chi connectivity index (χ4v) is 1.96. The maximum Gasteiger partial charge on any atom is 0.318 e. The number of benzene rings is 2. The van der Waals surface area contributed by atoms with Gasteiger partial charge in [0.1, 0.15) is 5.75 Å². The number of hydrogen-bond acceptors (Lipinski definition) is 4. The van der Waals surface area contributed by atoms with Crippen LogP contribution in [0.2, 0.25) is 0 Å². The molecule has 0 saturated heterocycles. The Morgan fingerprint density at radius 2 is 1.47 bits per heavy atom. The van der Waals surface area contributed by atoms with Crippen molar-refractivity contribution >= 4 is 5.69 Å². The van der Waals surface area contributed by atoms with Gasteiger partial charge in [0.25, 0.3) is 0 Å². The normalized spacial score (nSPS) is 10.0. The first-order valence-corrected chi connectivity index (χ1v) is 5.63. The number of hydrogen-bond donors (Lipinski definition) is 0. The minimum Gasteiger partial charge on any atom is -0.496 e. The average Bonchev–Trinajstić information content (AvgIpc) is 2.46. The summed E-state index contributed by atoms with van der Waals surface area (Å²) in [5, 5.41) is 11.3. The van der Waals surface area contributed by atoms with Crippen LogP contribution in [0.4, 0.5) is 5.69 Å². The van der Waals surface area contributed by atoms with Gasteiger partial charge in [0.15, 0.2) is 5.75 Å². The van der Waals surface area contributed by atoms with Gasteiger partial charge in [-0.15, -0.1) is 0 Å². The number of nitro groups is 1. The maximum absolute atomic E-state index is 11.3. The predicted octanol–water partition coefficient (Wildman–Crippen LogP) is 3.28. The second-order valence-electron chi connectivity index (χ2n) is 3.81. The molecule has 0 aliphatic heterocycles. The van der Waals surface area contributed by atoms with Gasteiger partial charge in [-0.1, -0.05) is 24.3 Å². The third-order valence-corrected chi connectivity index (χ3v) is 2.80. The highest BCUT2D eigenvalue weighted by Crippen LogP contribution is 2.40. The molecule has 0 radical (unpaired) electrons. The average molecular weight is 259 g/mol. The van der Waals surface area contributed by atoms with Gasteiger partial charge in [0.05, 0.1) is 24.7 Å². The van der Waals surface area contributed by atoms with Crippen molar-refractivity contribution in [1.29, 1.82) is 0 Å². The monoisotopic (exact) mass is 259 g/mol. The molecular formula is C14H13NO4. The van der Waals surface area contributed by atoms with E-state index in [0.29, 0.717) is 16.9 Å². The summed E-state index contributed by atoms with van der Waals surface area (Å²) in [6.07, 6.45) is 0. The zero-order valence-electron chi connectivity index (χ0n) is 10.6. The van der Waals surface area contributed by atoms with E-state index in [-0.39, 0.29) is 11.4 Å². The smallest absolute Gasteiger partial charge is 0.318 e.